The van der Waals surface area contributed by atoms with Crippen LogP contribution in [0.15, 0.2) is 54.9 Å². The lowest BCUT2D eigenvalue weighted by molar-refractivity contribution is 0.0904. The Kier molecular flexibility index (Phi) is 5.90. The van der Waals surface area contributed by atoms with Gasteiger partial charge in [-0.25, -0.2) is 4.98 Å². The van der Waals surface area contributed by atoms with E-state index in [1.54, 1.807) is 63.0 Å². The molecule has 0 unspecified atom stereocenters. The van der Waals surface area contributed by atoms with Gasteiger partial charge in [0.05, 0.1) is 25.9 Å². The van der Waals surface area contributed by atoms with Crippen LogP contribution in [0.25, 0.3) is 27.9 Å². The molecule has 0 aliphatic carbocycles. The summed E-state index contributed by atoms with van der Waals surface area (Å²) in [6.07, 6.45) is 3.22. The van der Waals surface area contributed by atoms with Crippen molar-refractivity contribution >= 4 is 22.5 Å². The fraction of sp³-hybridized carbons (Fsp3) is 0.167. The van der Waals surface area contributed by atoms with E-state index in [1.807, 2.05) is 6.07 Å². The second kappa shape index (κ2) is 9.31. The zero-order valence-electron chi connectivity index (χ0n) is 18.9. The van der Waals surface area contributed by atoms with Crippen molar-refractivity contribution < 1.29 is 24.1 Å². The van der Waals surface area contributed by atoms with Gasteiger partial charge in [-0.2, -0.15) is 9.61 Å². The topological polar surface area (TPSA) is 134 Å². The van der Waals surface area contributed by atoms with Gasteiger partial charge in [-0.05, 0) is 12.1 Å². The molecule has 0 radical (unpaired) electrons. The van der Waals surface area contributed by atoms with E-state index in [0.717, 1.165) is 10.9 Å². The number of ketones is 1. The van der Waals surface area contributed by atoms with Crippen molar-refractivity contribution in [1.29, 1.82) is 0 Å². The Morgan fingerprint density at radius 1 is 0.971 bits per heavy atom. The van der Waals surface area contributed by atoms with Gasteiger partial charge in [0.2, 0.25) is 0 Å². The monoisotopic (exact) mass is 472 g/mol. The number of ether oxygens (including phenoxy) is 3. The quantitative estimate of drug-likeness (QED) is 0.336. The normalized spacial score (nSPS) is 11.1. The molecule has 1 N–H and O–H groups in total. The summed E-state index contributed by atoms with van der Waals surface area (Å²) >= 11 is 0. The number of Topliss-reactive ketones (excluding diaryl/α,β-unsaturated/α-hetero) is 1. The molecule has 0 spiro atoms. The number of benzene rings is 2. The summed E-state index contributed by atoms with van der Waals surface area (Å²) in [4.78, 5) is 20.4. The van der Waals surface area contributed by atoms with Gasteiger partial charge in [0, 0.05) is 28.8 Å². The van der Waals surface area contributed by atoms with Gasteiger partial charge in [0.15, 0.2) is 23.1 Å². The number of pyridine rings is 1. The number of hydrogen-bond donors (Lipinski definition) is 1. The Morgan fingerprint density at radius 2 is 1.74 bits per heavy atom. The SMILES string of the molecule is COc1cc2nccc(OCc3nnc4ncc(-c5ccc(C(=O)CO)cc5)nn34)c2cc1OC. The zero-order valence-corrected chi connectivity index (χ0v) is 18.9. The highest BCUT2D eigenvalue weighted by Crippen LogP contribution is 2.35. The molecule has 0 saturated heterocycles. The van der Waals surface area contributed by atoms with Gasteiger partial charge in [0.25, 0.3) is 5.78 Å². The highest BCUT2D eigenvalue weighted by atomic mass is 16.5. The molecule has 0 aliphatic heterocycles. The Labute approximate surface area is 199 Å². The maximum atomic E-state index is 11.7. The number of aromatic nitrogens is 6. The fourth-order valence-electron chi connectivity index (χ4n) is 3.59. The maximum absolute atomic E-state index is 11.7. The van der Waals surface area contributed by atoms with Gasteiger partial charge in [-0.3, -0.25) is 9.78 Å². The molecule has 0 amide bonds. The molecule has 2 aromatic carbocycles. The molecule has 5 aromatic rings. The van der Waals surface area contributed by atoms with E-state index >= 15 is 0 Å². The first-order chi connectivity index (χ1) is 17.1. The Balaban J connectivity index is 1.43. The number of nitrogens with zero attached hydrogens (tertiary/aromatic N) is 6. The van der Waals surface area contributed by atoms with Crippen LogP contribution in [0.2, 0.25) is 0 Å². The van der Waals surface area contributed by atoms with Crippen LogP contribution in [0.3, 0.4) is 0 Å². The van der Waals surface area contributed by atoms with Crippen LogP contribution in [0.4, 0.5) is 0 Å². The van der Waals surface area contributed by atoms with E-state index in [2.05, 4.69) is 25.3 Å². The van der Waals surface area contributed by atoms with Crippen molar-refractivity contribution in [2.24, 2.45) is 0 Å². The first-order valence-corrected chi connectivity index (χ1v) is 10.6. The molecular weight excluding hydrogens is 452 g/mol. The van der Waals surface area contributed by atoms with Gasteiger partial charge < -0.3 is 19.3 Å². The number of aliphatic hydroxyl groups excluding tert-OH is 1. The number of carbonyl (C=O) groups excluding carboxylic acids is 1. The highest BCUT2D eigenvalue weighted by Gasteiger charge is 2.14. The molecular formula is C24H20N6O5. The summed E-state index contributed by atoms with van der Waals surface area (Å²) in [5.41, 5.74) is 2.42. The summed E-state index contributed by atoms with van der Waals surface area (Å²) in [6.45, 7) is -0.459. The molecule has 3 heterocycles. The van der Waals surface area contributed by atoms with Crippen molar-refractivity contribution in [2.75, 3.05) is 20.8 Å². The van der Waals surface area contributed by atoms with E-state index in [9.17, 15) is 4.79 Å². The third-order valence-electron chi connectivity index (χ3n) is 5.41. The average Bonchev–Trinajstić information content (AvgIpc) is 3.32. The number of rotatable bonds is 8. The van der Waals surface area contributed by atoms with Crippen molar-refractivity contribution in [3.8, 4) is 28.5 Å². The molecule has 0 saturated carbocycles. The predicted octanol–water partition coefficient (Wildman–Crippen LogP) is 2.51. The third kappa shape index (κ3) is 4.20. The van der Waals surface area contributed by atoms with Crippen molar-refractivity contribution in [1.82, 2.24) is 29.8 Å². The van der Waals surface area contributed by atoms with E-state index in [0.29, 0.717) is 45.6 Å². The van der Waals surface area contributed by atoms with Gasteiger partial charge in [0.1, 0.15) is 24.7 Å². The smallest absolute Gasteiger partial charge is 0.272 e. The van der Waals surface area contributed by atoms with Crippen molar-refractivity contribution in [3.63, 3.8) is 0 Å². The van der Waals surface area contributed by atoms with Crippen LogP contribution < -0.4 is 14.2 Å². The molecule has 3 aromatic heterocycles. The van der Waals surface area contributed by atoms with E-state index in [-0.39, 0.29) is 12.4 Å². The molecule has 0 bridgehead atoms. The lowest BCUT2D eigenvalue weighted by Gasteiger charge is -2.12. The fourth-order valence-corrected chi connectivity index (χ4v) is 3.59. The summed E-state index contributed by atoms with van der Waals surface area (Å²) in [5, 5.41) is 22.6. The first kappa shape index (κ1) is 22.2. The molecule has 0 aliphatic rings. The predicted molar refractivity (Wildman–Crippen MR) is 125 cm³/mol. The van der Waals surface area contributed by atoms with E-state index < -0.39 is 6.61 Å². The Morgan fingerprint density at radius 3 is 2.49 bits per heavy atom. The van der Waals surface area contributed by atoms with Crippen LogP contribution in [0.1, 0.15) is 16.2 Å². The summed E-state index contributed by atoms with van der Waals surface area (Å²) in [7, 11) is 3.13. The Hall–Kier alpha value is -4.64. The molecule has 0 atom stereocenters. The number of hydrogen-bond acceptors (Lipinski definition) is 10. The van der Waals surface area contributed by atoms with Crippen LogP contribution in [0.5, 0.6) is 17.2 Å². The average molecular weight is 472 g/mol. The number of aliphatic hydroxyl groups is 1. The van der Waals surface area contributed by atoms with E-state index in [1.165, 1.54) is 4.52 Å². The second-order valence-electron chi connectivity index (χ2n) is 7.45. The highest BCUT2D eigenvalue weighted by molar-refractivity contribution is 5.97. The largest absolute Gasteiger partial charge is 0.493 e. The molecule has 35 heavy (non-hydrogen) atoms. The van der Waals surface area contributed by atoms with Crippen LogP contribution in [-0.4, -0.2) is 61.5 Å². The zero-order chi connectivity index (χ0) is 24.4. The minimum Gasteiger partial charge on any atom is -0.493 e. The lowest BCUT2D eigenvalue weighted by Crippen LogP contribution is -2.06. The standard InChI is InChI=1S/C24H20N6O5/c1-33-21-9-16-17(10-22(21)34-2)25-8-7-20(16)35-13-23-27-28-24-26-11-18(29-30(23)24)14-3-5-15(6-4-14)19(32)12-31/h3-11,31H,12-13H2,1-2H3. The maximum Gasteiger partial charge on any atom is 0.272 e. The van der Waals surface area contributed by atoms with E-state index in [4.69, 9.17) is 19.3 Å². The third-order valence-corrected chi connectivity index (χ3v) is 5.41. The number of carbonyl (C=O) groups is 1. The molecule has 176 valence electrons. The van der Waals surface area contributed by atoms with Gasteiger partial charge in [-0.15, -0.1) is 10.2 Å². The van der Waals surface area contributed by atoms with Crippen molar-refractivity contribution in [2.45, 2.75) is 6.61 Å². The van der Waals surface area contributed by atoms with Crippen LogP contribution >= 0.6 is 0 Å². The van der Waals surface area contributed by atoms with Crippen molar-refractivity contribution in [3.05, 3.63) is 66.2 Å². The summed E-state index contributed by atoms with van der Waals surface area (Å²) < 4.78 is 18.3. The van der Waals surface area contributed by atoms with Gasteiger partial charge >= 0.3 is 0 Å². The molecule has 11 heteroatoms. The molecule has 11 nitrogen and oxygen atoms in total. The molecule has 5 rings (SSSR count). The minimum absolute atomic E-state index is 0.0801. The Bertz CT molecular complexity index is 1530. The van der Waals surface area contributed by atoms with Crippen LogP contribution in [-0.2, 0) is 6.61 Å². The summed E-state index contributed by atoms with van der Waals surface area (Å²) in [5.74, 6) is 2.15. The van der Waals surface area contributed by atoms with Gasteiger partial charge in [-0.1, -0.05) is 24.3 Å². The lowest BCUT2D eigenvalue weighted by atomic mass is 10.1. The van der Waals surface area contributed by atoms with Crippen LogP contribution in [0, 0.1) is 0 Å². The number of fused-ring (bicyclic) bond motifs is 2. The second-order valence-corrected chi connectivity index (χ2v) is 7.45. The first-order valence-electron chi connectivity index (χ1n) is 10.6. The summed E-state index contributed by atoms with van der Waals surface area (Å²) in [6, 6.07) is 12.1. The molecule has 0 fully saturated rings. The minimum atomic E-state index is -0.539. The number of methoxy groups -OCH3 is 2.